The fourth-order valence-electron chi connectivity index (χ4n) is 2.86. The van der Waals surface area contributed by atoms with Crippen molar-refractivity contribution < 1.29 is 13.9 Å². The zero-order chi connectivity index (χ0) is 18.1. The van der Waals surface area contributed by atoms with Gasteiger partial charge < -0.3 is 25.6 Å². The van der Waals surface area contributed by atoms with Crippen LogP contribution >= 0.6 is 0 Å². The molecule has 0 radical (unpaired) electrons. The summed E-state index contributed by atoms with van der Waals surface area (Å²) in [5.41, 5.74) is 6.43. The monoisotopic (exact) mass is 338 g/mol. The number of nitrogens with zero attached hydrogens (tertiary/aromatic N) is 2. The van der Waals surface area contributed by atoms with Gasteiger partial charge in [-0.1, -0.05) is 0 Å². The number of anilines is 3. The third kappa shape index (κ3) is 3.83. The van der Waals surface area contributed by atoms with E-state index in [1.54, 1.807) is 24.1 Å². The smallest absolute Gasteiger partial charge is 0.410 e. The number of rotatable bonds is 2. The van der Waals surface area contributed by atoms with Gasteiger partial charge in [0, 0.05) is 32.7 Å². The first-order valence-corrected chi connectivity index (χ1v) is 8.14. The Balaban J connectivity index is 2.13. The molecular formula is C17H27FN4O2. The van der Waals surface area contributed by atoms with Crippen LogP contribution in [-0.4, -0.2) is 49.3 Å². The van der Waals surface area contributed by atoms with Crippen LogP contribution in [0.1, 0.15) is 27.7 Å². The fraction of sp³-hybridized carbons (Fsp3) is 0.588. The summed E-state index contributed by atoms with van der Waals surface area (Å²) in [6.07, 6.45) is -0.331. The highest BCUT2D eigenvalue weighted by Gasteiger charge is 2.31. The molecule has 1 aromatic rings. The van der Waals surface area contributed by atoms with E-state index < -0.39 is 5.60 Å². The molecule has 134 valence electrons. The van der Waals surface area contributed by atoms with Crippen LogP contribution in [0.15, 0.2) is 12.1 Å². The Morgan fingerprint density at radius 2 is 2.04 bits per heavy atom. The fourth-order valence-corrected chi connectivity index (χ4v) is 2.86. The number of hydrogen-bond acceptors (Lipinski definition) is 5. The third-order valence-electron chi connectivity index (χ3n) is 3.99. The van der Waals surface area contributed by atoms with Gasteiger partial charge in [-0.15, -0.1) is 0 Å². The lowest BCUT2D eigenvalue weighted by Crippen LogP contribution is -2.54. The van der Waals surface area contributed by atoms with E-state index in [1.807, 2.05) is 32.6 Å². The maximum Gasteiger partial charge on any atom is 0.410 e. The average Bonchev–Trinajstić information content (AvgIpc) is 2.47. The number of ether oxygens (including phenoxy) is 1. The van der Waals surface area contributed by atoms with Crippen molar-refractivity contribution in [3.8, 4) is 0 Å². The minimum absolute atomic E-state index is 0.0332. The van der Waals surface area contributed by atoms with Gasteiger partial charge in [-0.2, -0.15) is 0 Å². The van der Waals surface area contributed by atoms with Gasteiger partial charge >= 0.3 is 6.09 Å². The molecule has 0 aromatic heterocycles. The zero-order valence-corrected chi connectivity index (χ0v) is 15.0. The molecule has 0 saturated carbocycles. The summed E-state index contributed by atoms with van der Waals surface area (Å²) in [6, 6.07) is 3.34. The second kappa shape index (κ2) is 6.75. The first kappa shape index (κ1) is 18.2. The van der Waals surface area contributed by atoms with E-state index in [0.717, 1.165) is 0 Å². The predicted molar refractivity (Wildman–Crippen MR) is 95.0 cm³/mol. The molecule has 1 saturated heterocycles. The summed E-state index contributed by atoms with van der Waals surface area (Å²) in [5, 5.41) is 2.80. The molecule has 0 aliphatic carbocycles. The summed E-state index contributed by atoms with van der Waals surface area (Å²) in [7, 11) is 1.64. The van der Waals surface area contributed by atoms with E-state index in [9.17, 15) is 9.18 Å². The largest absolute Gasteiger partial charge is 0.444 e. The molecule has 24 heavy (non-hydrogen) atoms. The normalized spacial score (nSPS) is 18.5. The van der Waals surface area contributed by atoms with Crippen LogP contribution in [-0.2, 0) is 4.74 Å². The van der Waals surface area contributed by atoms with Gasteiger partial charge in [0.15, 0.2) is 5.82 Å². The van der Waals surface area contributed by atoms with E-state index in [2.05, 4.69) is 5.32 Å². The summed E-state index contributed by atoms with van der Waals surface area (Å²) in [4.78, 5) is 15.8. The van der Waals surface area contributed by atoms with Crippen LogP contribution in [0, 0.1) is 5.82 Å². The Morgan fingerprint density at radius 1 is 1.38 bits per heavy atom. The maximum atomic E-state index is 14.7. The van der Waals surface area contributed by atoms with Crippen molar-refractivity contribution in [1.29, 1.82) is 0 Å². The van der Waals surface area contributed by atoms with Crippen molar-refractivity contribution in [2.45, 2.75) is 39.3 Å². The standard InChI is InChI=1S/C17H27FN4O2/c1-11-10-21(16(23)24-17(2,3)4)8-9-22(11)13-7-6-12(19)15(20-5)14(13)18/h6-7,11,20H,8-10,19H2,1-5H3/t11-/m0/s1. The molecule has 1 atom stereocenters. The molecule has 0 bridgehead atoms. The van der Waals surface area contributed by atoms with Crippen molar-refractivity contribution >= 4 is 23.2 Å². The number of carbonyl (C=O) groups is 1. The van der Waals surface area contributed by atoms with Crippen molar-refractivity contribution in [3.05, 3.63) is 17.9 Å². The van der Waals surface area contributed by atoms with E-state index >= 15 is 0 Å². The Kier molecular flexibility index (Phi) is 5.11. The number of carbonyl (C=O) groups excluding carboxylic acids is 1. The number of halogens is 1. The van der Waals surface area contributed by atoms with E-state index in [0.29, 0.717) is 36.7 Å². The highest BCUT2D eigenvalue weighted by atomic mass is 19.1. The molecule has 1 amide bonds. The number of hydrogen-bond donors (Lipinski definition) is 2. The average molecular weight is 338 g/mol. The van der Waals surface area contributed by atoms with Crippen LogP contribution in [0.2, 0.25) is 0 Å². The van der Waals surface area contributed by atoms with Crippen LogP contribution < -0.4 is 16.0 Å². The Labute approximate surface area is 142 Å². The van der Waals surface area contributed by atoms with Crippen LogP contribution in [0.25, 0.3) is 0 Å². The molecule has 0 unspecified atom stereocenters. The first-order chi connectivity index (χ1) is 11.1. The number of amides is 1. The van der Waals surface area contributed by atoms with Gasteiger partial charge in [0.05, 0.1) is 17.1 Å². The van der Waals surface area contributed by atoms with E-state index in [-0.39, 0.29) is 18.0 Å². The van der Waals surface area contributed by atoms with Gasteiger partial charge in [0.1, 0.15) is 5.60 Å². The van der Waals surface area contributed by atoms with Gasteiger partial charge in [-0.3, -0.25) is 0 Å². The highest BCUT2D eigenvalue weighted by molar-refractivity contribution is 5.74. The summed E-state index contributed by atoms with van der Waals surface area (Å²) in [5.74, 6) is -0.366. The molecule has 6 nitrogen and oxygen atoms in total. The summed E-state index contributed by atoms with van der Waals surface area (Å²) >= 11 is 0. The third-order valence-corrected chi connectivity index (χ3v) is 3.99. The minimum Gasteiger partial charge on any atom is -0.444 e. The van der Waals surface area contributed by atoms with Gasteiger partial charge in [0.2, 0.25) is 0 Å². The molecule has 1 aromatic carbocycles. The quantitative estimate of drug-likeness (QED) is 0.812. The molecule has 1 aliphatic rings. The van der Waals surface area contributed by atoms with Crippen LogP contribution in [0.5, 0.6) is 0 Å². The van der Waals surface area contributed by atoms with Gasteiger partial charge in [0.25, 0.3) is 0 Å². The molecule has 2 rings (SSSR count). The predicted octanol–water partition coefficient (Wildman–Crippen LogP) is 2.90. The van der Waals surface area contributed by atoms with Gasteiger partial charge in [-0.05, 0) is 39.8 Å². The van der Waals surface area contributed by atoms with Gasteiger partial charge in [-0.25, -0.2) is 9.18 Å². The van der Waals surface area contributed by atoms with Crippen molar-refractivity contribution in [1.82, 2.24) is 4.90 Å². The molecular weight excluding hydrogens is 311 g/mol. The first-order valence-electron chi connectivity index (χ1n) is 8.14. The molecule has 1 heterocycles. The number of nitrogen functional groups attached to an aromatic ring is 1. The Hall–Kier alpha value is -2.18. The minimum atomic E-state index is -0.526. The summed E-state index contributed by atoms with van der Waals surface area (Å²) in [6.45, 7) is 8.98. The molecule has 3 N–H and O–H groups in total. The second-order valence-corrected chi connectivity index (χ2v) is 7.08. The molecule has 1 fully saturated rings. The molecule has 1 aliphatic heterocycles. The number of benzene rings is 1. The zero-order valence-electron chi connectivity index (χ0n) is 15.0. The number of nitrogens with one attached hydrogen (secondary N) is 1. The van der Waals surface area contributed by atoms with Crippen molar-refractivity contribution in [3.63, 3.8) is 0 Å². The second-order valence-electron chi connectivity index (χ2n) is 7.08. The van der Waals surface area contributed by atoms with Crippen molar-refractivity contribution in [2.75, 3.05) is 42.6 Å². The topological polar surface area (TPSA) is 70.8 Å². The lowest BCUT2D eigenvalue weighted by molar-refractivity contribution is 0.0218. The Morgan fingerprint density at radius 3 is 2.58 bits per heavy atom. The van der Waals surface area contributed by atoms with E-state index in [4.69, 9.17) is 10.5 Å². The van der Waals surface area contributed by atoms with Crippen LogP contribution in [0.3, 0.4) is 0 Å². The Bertz CT molecular complexity index is 615. The number of nitrogens with two attached hydrogens (primary N) is 1. The molecule has 0 spiro atoms. The summed E-state index contributed by atoms with van der Waals surface area (Å²) < 4.78 is 20.1. The SMILES string of the molecule is CNc1c(N)ccc(N2CCN(C(=O)OC(C)(C)C)C[C@@H]2C)c1F. The molecule has 7 heteroatoms. The lowest BCUT2D eigenvalue weighted by atomic mass is 10.1. The lowest BCUT2D eigenvalue weighted by Gasteiger charge is -2.41. The van der Waals surface area contributed by atoms with E-state index in [1.165, 1.54) is 0 Å². The maximum absolute atomic E-state index is 14.7. The van der Waals surface area contributed by atoms with Crippen molar-refractivity contribution in [2.24, 2.45) is 0 Å². The highest BCUT2D eigenvalue weighted by Crippen LogP contribution is 2.32. The number of piperazine rings is 1. The van der Waals surface area contributed by atoms with Crippen LogP contribution in [0.4, 0.5) is 26.2 Å².